The monoisotopic (exact) mass is 591 g/mol. The van der Waals surface area contributed by atoms with Gasteiger partial charge in [-0.15, -0.1) is 23.5 Å². The van der Waals surface area contributed by atoms with E-state index in [1.807, 2.05) is 42.4 Å². The van der Waals surface area contributed by atoms with Gasteiger partial charge in [-0.05, 0) is 49.8 Å². The van der Waals surface area contributed by atoms with Crippen LogP contribution in [0.2, 0.25) is 0 Å². The summed E-state index contributed by atoms with van der Waals surface area (Å²) in [5.41, 5.74) is 0.599. The minimum atomic E-state index is -0.979. The normalized spacial score (nSPS) is 20.1. The average molecular weight is 592 g/mol. The Labute approximate surface area is 245 Å². The molecule has 0 aromatic heterocycles. The van der Waals surface area contributed by atoms with Crippen LogP contribution in [-0.2, 0) is 24.0 Å². The molecule has 220 valence electrons. The number of likely N-dealkylation sites (N-methyl/N-ethyl adjacent to an activating group) is 2. The second-order valence-corrected chi connectivity index (χ2v) is 13.7. The number of thioether (sulfide) groups is 2. The Kier molecular flexibility index (Phi) is 11.9. The maximum Gasteiger partial charge on any atom is 0.290 e. The molecule has 3 rings (SSSR count). The van der Waals surface area contributed by atoms with Crippen LogP contribution in [0.3, 0.4) is 0 Å². The van der Waals surface area contributed by atoms with E-state index in [0.29, 0.717) is 24.8 Å². The summed E-state index contributed by atoms with van der Waals surface area (Å²) in [5.74, 6) is -0.778. The Morgan fingerprint density at radius 1 is 1.05 bits per heavy atom. The van der Waals surface area contributed by atoms with Crippen LogP contribution >= 0.6 is 23.5 Å². The molecule has 40 heavy (non-hydrogen) atoms. The fourth-order valence-corrected chi connectivity index (χ4v) is 8.32. The zero-order valence-corrected chi connectivity index (χ0v) is 25.4. The van der Waals surface area contributed by atoms with Gasteiger partial charge in [0.2, 0.25) is 23.5 Å². The molecule has 3 atom stereocenters. The molecule has 4 amide bonds. The summed E-state index contributed by atoms with van der Waals surface area (Å²) >= 11 is 3.85. The summed E-state index contributed by atoms with van der Waals surface area (Å²) in [4.78, 5) is 67.7. The minimum absolute atomic E-state index is 0.0200. The van der Waals surface area contributed by atoms with Gasteiger partial charge in [0.15, 0.2) is 0 Å². The van der Waals surface area contributed by atoms with Crippen molar-refractivity contribution >= 4 is 52.9 Å². The number of hydrogen-bond donors (Lipinski definition) is 3. The van der Waals surface area contributed by atoms with E-state index >= 15 is 0 Å². The van der Waals surface area contributed by atoms with Crippen LogP contribution in [0.1, 0.15) is 50.6 Å². The summed E-state index contributed by atoms with van der Waals surface area (Å²) in [5, 5.41) is 7.81. The van der Waals surface area contributed by atoms with Crippen LogP contribution in [0.25, 0.3) is 0 Å². The number of carbonyl (C=O) groups is 5. The third-order valence-corrected chi connectivity index (χ3v) is 10.4. The van der Waals surface area contributed by atoms with Crippen LogP contribution in [0.5, 0.6) is 0 Å². The number of carbonyl (C=O) groups excluding carboxylic acids is 5. The van der Waals surface area contributed by atoms with Gasteiger partial charge in [0.1, 0.15) is 6.04 Å². The molecule has 2 fully saturated rings. The van der Waals surface area contributed by atoms with Crippen LogP contribution < -0.4 is 16.0 Å². The third-order valence-electron chi connectivity index (χ3n) is 7.07. The number of nitrogens with zero attached hydrogens (tertiary/aromatic N) is 2. The molecular weight excluding hydrogens is 550 g/mol. The molecule has 1 aromatic rings. The quantitative estimate of drug-likeness (QED) is 0.331. The first-order valence-electron chi connectivity index (χ1n) is 13.7. The minimum Gasteiger partial charge on any atom is -0.347 e. The first-order valence-corrected chi connectivity index (χ1v) is 15.7. The number of Topliss-reactive ketones (excluding diaryl/α,β-unsaturated/α-hetero) is 1. The van der Waals surface area contributed by atoms with Crippen molar-refractivity contribution in [1.82, 2.24) is 25.8 Å². The van der Waals surface area contributed by atoms with Gasteiger partial charge >= 0.3 is 0 Å². The van der Waals surface area contributed by atoms with Gasteiger partial charge in [-0.1, -0.05) is 43.7 Å². The Hall–Kier alpha value is -2.57. The highest BCUT2D eigenvalue weighted by Gasteiger charge is 2.47. The van der Waals surface area contributed by atoms with Crippen molar-refractivity contribution in [2.24, 2.45) is 0 Å². The highest BCUT2D eigenvalue weighted by atomic mass is 32.2. The fraction of sp³-hybridized carbons (Fsp3) is 0.607. The molecule has 2 aliphatic rings. The Bertz CT molecular complexity index is 1060. The average Bonchev–Trinajstić information content (AvgIpc) is 3.10. The second kappa shape index (κ2) is 14.9. The SMILES string of the molecule is CCCC(NC(=O)C1CC2(CN1C)SCCCCS2)C(=O)C(=O)NCC(=O)N[C@H](C(=O)N(C)C)c1ccccc1. The zero-order chi connectivity index (χ0) is 29.3. The molecule has 10 nitrogen and oxygen atoms in total. The molecule has 12 heteroatoms. The topological polar surface area (TPSA) is 128 Å². The zero-order valence-electron chi connectivity index (χ0n) is 23.7. The van der Waals surface area contributed by atoms with Crippen molar-refractivity contribution in [3.63, 3.8) is 0 Å². The fourth-order valence-electron chi connectivity index (χ4n) is 4.90. The molecule has 0 saturated carbocycles. The van der Waals surface area contributed by atoms with E-state index < -0.39 is 36.2 Å². The van der Waals surface area contributed by atoms with E-state index in [0.717, 1.165) is 18.1 Å². The molecule has 1 spiro atoms. The van der Waals surface area contributed by atoms with Gasteiger partial charge in [-0.2, -0.15) is 0 Å². The number of likely N-dealkylation sites (tertiary alicyclic amines) is 1. The van der Waals surface area contributed by atoms with Crippen LogP contribution in [0.4, 0.5) is 0 Å². The highest BCUT2D eigenvalue weighted by molar-refractivity contribution is 8.18. The van der Waals surface area contributed by atoms with E-state index in [2.05, 4.69) is 16.0 Å². The van der Waals surface area contributed by atoms with Crippen molar-refractivity contribution < 1.29 is 24.0 Å². The van der Waals surface area contributed by atoms with E-state index in [4.69, 9.17) is 0 Å². The molecule has 0 bridgehead atoms. The molecule has 2 unspecified atom stereocenters. The van der Waals surface area contributed by atoms with Gasteiger partial charge in [0, 0.05) is 20.6 Å². The van der Waals surface area contributed by atoms with E-state index in [-0.39, 0.29) is 21.9 Å². The van der Waals surface area contributed by atoms with E-state index in [9.17, 15) is 24.0 Å². The molecule has 2 aliphatic heterocycles. The van der Waals surface area contributed by atoms with Crippen molar-refractivity contribution in [2.75, 3.05) is 45.7 Å². The van der Waals surface area contributed by atoms with Crippen LogP contribution in [-0.4, -0.2) is 101 Å². The molecule has 0 radical (unpaired) electrons. The maximum atomic E-state index is 13.3. The Morgan fingerprint density at radius 2 is 1.70 bits per heavy atom. The van der Waals surface area contributed by atoms with E-state index in [1.54, 1.807) is 44.4 Å². The lowest BCUT2D eigenvalue weighted by Gasteiger charge is -2.25. The van der Waals surface area contributed by atoms with Crippen molar-refractivity contribution in [2.45, 2.75) is 61.2 Å². The lowest BCUT2D eigenvalue weighted by Crippen LogP contribution is -2.52. The highest BCUT2D eigenvalue weighted by Crippen LogP contribution is 2.49. The molecule has 2 saturated heterocycles. The molecule has 2 heterocycles. The van der Waals surface area contributed by atoms with Gasteiger partial charge < -0.3 is 20.9 Å². The summed E-state index contributed by atoms with van der Waals surface area (Å²) in [6.45, 7) is 2.19. The summed E-state index contributed by atoms with van der Waals surface area (Å²) < 4.78 is -0.0200. The number of amides is 4. The molecule has 0 aliphatic carbocycles. The predicted octanol–water partition coefficient (Wildman–Crippen LogP) is 1.56. The summed E-state index contributed by atoms with van der Waals surface area (Å²) in [6.07, 6.45) is 3.95. The van der Waals surface area contributed by atoms with Gasteiger partial charge in [-0.25, -0.2) is 0 Å². The van der Waals surface area contributed by atoms with E-state index in [1.165, 1.54) is 17.7 Å². The van der Waals surface area contributed by atoms with Gasteiger partial charge in [0.25, 0.3) is 5.91 Å². The first kappa shape index (κ1) is 32.0. The smallest absolute Gasteiger partial charge is 0.290 e. The maximum absolute atomic E-state index is 13.3. The van der Waals surface area contributed by atoms with Crippen molar-refractivity contribution in [3.8, 4) is 0 Å². The molecular formula is C28H41N5O5S2. The standard InChI is InChI=1S/C28H41N5O5S2/c1-5-11-20(30-25(36)21-16-28(18-33(21)4)39-14-9-10-15-40-28)24(35)26(37)29-17-22(34)31-23(27(38)32(2)3)19-12-7-6-8-13-19/h6-8,12-13,20-21,23H,5,9-11,14-18H2,1-4H3,(H,29,37)(H,30,36)(H,31,34)/t20?,21?,23-/m0/s1. The van der Waals surface area contributed by atoms with Gasteiger partial charge in [0.05, 0.1) is 22.7 Å². The summed E-state index contributed by atoms with van der Waals surface area (Å²) in [6, 6.07) is 6.50. The number of nitrogens with one attached hydrogen (secondary N) is 3. The van der Waals surface area contributed by atoms with Crippen molar-refractivity contribution in [3.05, 3.63) is 35.9 Å². The lowest BCUT2D eigenvalue weighted by molar-refractivity contribution is -0.141. The second-order valence-electron chi connectivity index (χ2n) is 10.5. The third kappa shape index (κ3) is 8.47. The summed E-state index contributed by atoms with van der Waals surface area (Å²) in [7, 11) is 5.10. The number of benzene rings is 1. The Balaban J connectivity index is 1.57. The molecule has 3 N–H and O–H groups in total. The lowest BCUT2D eigenvalue weighted by atomic mass is 10.0. The number of ketones is 1. The Morgan fingerprint density at radius 3 is 2.30 bits per heavy atom. The predicted molar refractivity (Wildman–Crippen MR) is 159 cm³/mol. The first-order chi connectivity index (χ1) is 19.1. The number of rotatable bonds is 11. The molecule has 1 aromatic carbocycles. The number of hydrogen-bond acceptors (Lipinski definition) is 8. The largest absolute Gasteiger partial charge is 0.347 e. The van der Waals surface area contributed by atoms with Crippen molar-refractivity contribution in [1.29, 1.82) is 0 Å². The van der Waals surface area contributed by atoms with Gasteiger partial charge in [-0.3, -0.25) is 28.9 Å². The van der Waals surface area contributed by atoms with Crippen LogP contribution in [0.15, 0.2) is 30.3 Å². The van der Waals surface area contributed by atoms with Crippen LogP contribution in [0, 0.1) is 0 Å².